The zero-order valence-corrected chi connectivity index (χ0v) is 10.8. The zero-order chi connectivity index (χ0) is 15.8. The Bertz CT molecular complexity index is 818. The first-order valence-corrected chi connectivity index (χ1v) is 6.75. The van der Waals surface area contributed by atoms with Gasteiger partial charge in [0.15, 0.2) is 23.3 Å². The van der Waals surface area contributed by atoms with E-state index in [0.29, 0.717) is 0 Å². The van der Waals surface area contributed by atoms with Crippen LogP contribution in [0.1, 0.15) is 0 Å². The first-order chi connectivity index (χ1) is 9.72. The van der Waals surface area contributed by atoms with Crippen molar-refractivity contribution in [3.8, 4) is 0 Å². The molecule has 0 saturated heterocycles. The Labute approximate surface area is 115 Å². The van der Waals surface area contributed by atoms with Crippen LogP contribution in [0.4, 0.5) is 23.2 Å². The number of H-pyrrole nitrogens is 1. The predicted molar refractivity (Wildman–Crippen MR) is 64.1 cm³/mol. The number of halogens is 4. The van der Waals surface area contributed by atoms with Gasteiger partial charge >= 0.3 is 0 Å². The van der Waals surface area contributed by atoms with Crippen LogP contribution in [0, 0.1) is 23.3 Å². The van der Waals surface area contributed by atoms with Gasteiger partial charge in [-0.3, -0.25) is 9.52 Å². The first kappa shape index (κ1) is 15.0. The molecule has 0 aliphatic carbocycles. The molecule has 0 saturated carbocycles. The molecular weight excluding hydrogens is 316 g/mol. The summed E-state index contributed by atoms with van der Waals surface area (Å²) in [5.41, 5.74) is -2.10. The highest BCUT2D eigenvalue weighted by Crippen LogP contribution is 2.26. The number of pyridine rings is 1. The zero-order valence-electron chi connectivity index (χ0n) is 9.95. The number of hydrogen-bond donors (Lipinski definition) is 2. The van der Waals surface area contributed by atoms with Gasteiger partial charge in [0.05, 0.1) is 0 Å². The Balaban J connectivity index is 2.51. The van der Waals surface area contributed by atoms with Crippen molar-refractivity contribution in [1.29, 1.82) is 0 Å². The van der Waals surface area contributed by atoms with Crippen molar-refractivity contribution in [2.24, 2.45) is 0 Å². The Hall–Kier alpha value is -2.36. The number of anilines is 1. The van der Waals surface area contributed by atoms with Gasteiger partial charge < -0.3 is 4.98 Å². The second-order valence-electron chi connectivity index (χ2n) is 3.84. The van der Waals surface area contributed by atoms with Crippen molar-refractivity contribution < 1.29 is 26.0 Å². The van der Waals surface area contributed by atoms with E-state index in [0.717, 1.165) is 18.3 Å². The van der Waals surface area contributed by atoms with Crippen LogP contribution in [0.3, 0.4) is 0 Å². The molecule has 1 heterocycles. The fourth-order valence-corrected chi connectivity index (χ4v) is 2.45. The smallest absolute Gasteiger partial charge is 0.263 e. The maximum absolute atomic E-state index is 13.4. The lowest BCUT2D eigenvalue weighted by atomic mass is 10.3. The lowest BCUT2D eigenvalue weighted by Crippen LogP contribution is -2.18. The van der Waals surface area contributed by atoms with Crippen LogP contribution in [0.15, 0.2) is 34.1 Å². The molecule has 0 fully saturated rings. The molecule has 2 rings (SSSR count). The normalized spacial score (nSPS) is 11.4. The van der Waals surface area contributed by atoms with Gasteiger partial charge in [-0.1, -0.05) is 0 Å². The quantitative estimate of drug-likeness (QED) is 0.667. The molecular formula is C11H6F4N2O3S. The summed E-state index contributed by atoms with van der Waals surface area (Å²) in [6.07, 6.45) is 0.760. The first-order valence-electron chi connectivity index (χ1n) is 5.27. The summed E-state index contributed by atoms with van der Waals surface area (Å²) >= 11 is 0. The van der Waals surface area contributed by atoms with Gasteiger partial charge in [0, 0.05) is 18.3 Å². The largest absolute Gasteiger partial charge is 0.328 e. The van der Waals surface area contributed by atoms with Gasteiger partial charge in [-0.05, 0) is 6.07 Å². The number of benzene rings is 1. The molecule has 1 aromatic heterocycles. The maximum Gasteiger partial charge on any atom is 0.263 e. The third-order valence-electron chi connectivity index (χ3n) is 2.41. The molecule has 0 aliphatic rings. The highest BCUT2D eigenvalue weighted by Gasteiger charge is 2.24. The Morgan fingerprint density at radius 3 is 2.05 bits per heavy atom. The van der Waals surface area contributed by atoms with E-state index in [2.05, 4.69) is 0 Å². The van der Waals surface area contributed by atoms with Gasteiger partial charge in [-0.25, -0.2) is 26.0 Å². The summed E-state index contributed by atoms with van der Waals surface area (Å²) in [6.45, 7) is 0. The van der Waals surface area contributed by atoms with E-state index in [1.807, 2.05) is 4.98 Å². The Morgan fingerprint density at radius 1 is 1.00 bits per heavy atom. The lowest BCUT2D eigenvalue weighted by molar-refractivity contribution is 0.459. The third-order valence-corrected chi connectivity index (χ3v) is 3.76. The Morgan fingerprint density at radius 2 is 1.57 bits per heavy atom. The van der Waals surface area contributed by atoms with E-state index < -0.39 is 49.4 Å². The van der Waals surface area contributed by atoms with Gasteiger partial charge in [-0.2, -0.15) is 0 Å². The van der Waals surface area contributed by atoms with Crippen LogP contribution >= 0.6 is 0 Å². The SMILES string of the molecule is O=c1ccc(S(=O)(=O)Nc2c(F)c(F)cc(F)c2F)c[nH]1. The summed E-state index contributed by atoms with van der Waals surface area (Å²) in [4.78, 5) is 12.3. The molecule has 112 valence electrons. The number of aromatic amines is 1. The molecule has 0 atom stereocenters. The minimum Gasteiger partial charge on any atom is -0.328 e. The number of rotatable bonds is 3. The van der Waals surface area contributed by atoms with E-state index in [1.54, 1.807) is 0 Å². The fraction of sp³-hybridized carbons (Fsp3) is 0. The van der Waals surface area contributed by atoms with Crippen LogP contribution < -0.4 is 10.3 Å². The number of nitrogens with one attached hydrogen (secondary N) is 2. The van der Waals surface area contributed by atoms with E-state index in [9.17, 15) is 30.8 Å². The van der Waals surface area contributed by atoms with Crippen LogP contribution in [-0.2, 0) is 10.0 Å². The predicted octanol–water partition coefficient (Wildman–Crippen LogP) is 1.73. The monoisotopic (exact) mass is 322 g/mol. The Kier molecular flexibility index (Phi) is 3.73. The lowest BCUT2D eigenvalue weighted by Gasteiger charge is -2.10. The molecule has 10 heteroatoms. The van der Waals surface area contributed by atoms with E-state index in [4.69, 9.17) is 0 Å². The standard InChI is InChI=1S/C11H6F4N2O3S/c12-6-3-7(13)10(15)11(9(6)14)17-21(19,20)5-1-2-8(18)16-4-5/h1-4,17H,(H,16,18). The molecule has 5 nitrogen and oxygen atoms in total. The summed E-state index contributed by atoms with van der Waals surface area (Å²) in [5.74, 6) is -7.29. The molecule has 0 amide bonds. The third kappa shape index (κ3) is 2.89. The van der Waals surface area contributed by atoms with E-state index in [-0.39, 0.29) is 6.07 Å². The summed E-state index contributed by atoms with van der Waals surface area (Å²) < 4.78 is 77.8. The second kappa shape index (κ2) is 5.20. The van der Waals surface area contributed by atoms with Crippen molar-refractivity contribution >= 4 is 15.7 Å². The van der Waals surface area contributed by atoms with Gasteiger partial charge in [0.1, 0.15) is 10.6 Å². The number of hydrogen-bond acceptors (Lipinski definition) is 3. The number of sulfonamides is 1. The van der Waals surface area contributed by atoms with Crippen molar-refractivity contribution in [3.05, 3.63) is 58.0 Å². The summed E-state index contributed by atoms with van der Waals surface area (Å²) in [6, 6.07) is 1.66. The average Bonchev–Trinajstić information content (AvgIpc) is 2.42. The molecule has 0 spiro atoms. The fourth-order valence-electron chi connectivity index (χ4n) is 1.42. The van der Waals surface area contributed by atoms with Crippen molar-refractivity contribution in [1.82, 2.24) is 4.98 Å². The van der Waals surface area contributed by atoms with Crippen LogP contribution in [-0.4, -0.2) is 13.4 Å². The van der Waals surface area contributed by atoms with Crippen molar-refractivity contribution in [2.75, 3.05) is 4.72 Å². The van der Waals surface area contributed by atoms with Crippen molar-refractivity contribution in [3.63, 3.8) is 0 Å². The minimum absolute atomic E-state index is 0.0531. The molecule has 0 aliphatic heterocycles. The average molecular weight is 322 g/mol. The molecule has 0 bridgehead atoms. The molecule has 21 heavy (non-hydrogen) atoms. The molecule has 2 aromatic rings. The van der Waals surface area contributed by atoms with Crippen LogP contribution in [0.5, 0.6) is 0 Å². The van der Waals surface area contributed by atoms with Gasteiger partial charge in [-0.15, -0.1) is 0 Å². The minimum atomic E-state index is -4.54. The van der Waals surface area contributed by atoms with Crippen LogP contribution in [0.2, 0.25) is 0 Å². The molecule has 1 aromatic carbocycles. The topological polar surface area (TPSA) is 79.0 Å². The van der Waals surface area contributed by atoms with E-state index in [1.165, 1.54) is 4.72 Å². The molecule has 0 unspecified atom stereocenters. The molecule has 2 N–H and O–H groups in total. The highest BCUT2D eigenvalue weighted by molar-refractivity contribution is 7.92. The second-order valence-corrected chi connectivity index (χ2v) is 5.52. The summed E-state index contributed by atoms with van der Waals surface area (Å²) in [7, 11) is -4.54. The van der Waals surface area contributed by atoms with Gasteiger partial charge in [0.25, 0.3) is 10.0 Å². The van der Waals surface area contributed by atoms with Crippen molar-refractivity contribution in [2.45, 2.75) is 4.90 Å². The highest BCUT2D eigenvalue weighted by atomic mass is 32.2. The molecule has 0 radical (unpaired) electrons. The van der Waals surface area contributed by atoms with Gasteiger partial charge in [0.2, 0.25) is 5.56 Å². The number of aromatic nitrogens is 1. The van der Waals surface area contributed by atoms with Crippen LogP contribution in [0.25, 0.3) is 0 Å². The van der Waals surface area contributed by atoms with E-state index >= 15 is 0 Å². The summed E-state index contributed by atoms with van der Waals surface area (Å²) in [5, 5.41) is 0. The maximum atomic E-state index is 13.4.